The highest BCUT2D eigenvalue weighted by Crippen LogP contribution is 2.24. The van der Waals surface area contributed by atoms with E-state index in [2.05, 4.69) is 5.10 Å². The minimum absolute atomic E-state index is 0.362. The zero-order valence-electron chi connectivity index (χ0n) is 6.60. The number of nitrogens with zero attached hydrogens (tertiary/aromatic N) is 2. The summed E-state index contributed by atoms with van der Waals surface area (Å²) in [6.07, 6.45) is -4.05. The van der Waals surface area contributed by atoms with Crippen molar-refractivity contribution in [2.24, 2.45) is 5.10 Å². The highest BCUT2D eigenvalue weighted by molar-refractivity contribution is 5.57. The normalized spacial score (nSPS) is 23.0. The van der Waals surface area contributed by atoms with E-state index in [1.807, 2.05) is 12.3 Å². The standard InChI is InChI=1S/C6H10F3N3/c1-2-3-12-4-10-11-5(12)6(7,8)9/h4-5,11H,2-3H2,1H3. The lowest BCUT2D eigenvalue weighted by atomic mass is 10.4. The van der Waals surface area contributed by atoms with Gasteiger partial charge in [-0.15, -0.1) is 0 Å². The van der Waals surface area contributed by atoms with Gasteiger partial charge in [0.05, 0.1) is 0 Å². The van der Waals surface area contributed by atoms with Crippen LogP contribution in [0.2, 0.25) is 0 Å². The van der Waals surface area contributed by atoms with Crippen molar-refractivity contribution in [3.8, 4) is 0 Å². The molecule has 0 saturated carbocycles. The molecule has 0 aromatic rings. The van der Waals surface area contributed by atoms with Gasteiger partial charge in [0.1, 0.15) is 6.34 Å². The van der Waals surface area contributed by atoms with Crippen LogP contribution in [0, 0.1) is 0 Å². The molecule has 0 saturated heterocycles. The van der Waals surface area contributed by atoms with Crippen molar-refractivity contribution in [2.75, 3.05) is 6.54 Å². The van der Waals surface area contributed by atoms with Gasteiger partial charge in [-0.05, 0) is 6.42 Å². The number of halogens is 3. The zero-order valence-corrected chi connectivity index (χ0v) is 6.60. The number of rotatable bonds is 2. The first kappa shape index (κ1) is 9.15. The summed E-state index contributed by atoms with van der Waals surface area (Å²) in [4.78, 5) is 1.14. The number of alkyl halides is 3. The molecule has 70 valence electrons. The molecule has 6 heteroatoms. The molecule has 1 atom stereocenters. The van der Waals surface area contributed by atoms with Crippen molar-refractivity contribution < 1.29 is 13.2 Å². The second-order valence-corrected chi connectivity index (χ2v) is 2.56. The van der Waals surface area contributed by atoms with Crippen LogP contribution in [0.5, 0.6) is 0 Å². The summed E-state index contributed by atoms with van der Waals surface area (Å²) in [5.74, 6) is 0. The van der Waals surface area contributed by atoms with Crippen LogP contribution >= 0.6 is 0 Å². The van der Waals surface area contributed by atoms with Crippen LogP contribution in [0.25, 0.3) is 0 Å². The lowest BCUT2D eigenvalue weighted by Crippen LogP contribution is -2.48. The number of hydrogen-bond donors (Lipinski definition) is 1. The maximum Gasteiger partial charge on any atom is 0.428 e. The minimum Gasteiger partial charge on any atom is -0.332 e. The Balaban J connectivity index is 2.56. The van der Waals surface area contributed by atoms with Gasteiger partial charge in [0, 0.05) is 6.54 Å². The van der Waals surface area contributed by atoms with E-state index in [1.165, 1.54) is 6.34 Å². The van der Waals surface area contributed by atoms with Gasteiger partial charge >= 0.3 is 6.18 Å². The Morgan fingerprint density at radius 3 is 2.75 bits per heavy atom. The lowest BCUT2D eigenvalue weighted by Gasteiger charge is -2.24. The lowest BCUT2D eigenvalue weighted by molar-refractivity contribution is -0.177. The van der Waals surface area contributed by atoms with Crippen molar-refractivity contribution in [1.82, 2.24) is 10.3 Å². The second-order valence-electron chi connectivity index (χ2n) is 2.56. The van der Waals surface area contributed by atoms with Gasteiger partial charge in [-0.1, -0.05) is 6.92 Å². The molecule has 0 aliphatic carbocycles. The second kappa shape index (κ2) is 3.20. The van der Waals surface area contributed by atoms with Crippen molar-refractivity contribution in [3.63, 3.8) is 0 Å². The molecule has 1 unspecified atom stereocenters. The first-order valence-corrected chi connectivity index (χ1v) is 3.67. The van der Waals surface area contributed by atoms with E-state index < -0.39 is 12.3 Å². The summed E-state index contributed by atoms with van der Waals surface area (Å²) in [5, 5.41) is 3.36. The Hall–Kier alpha value is -0.940. The van der Waals surface area contributed by atoms with Gasteiger partial charge in [0.25, 0.3) is 0 Å². The summed E-state index contributed by atoms with van der Waals surface area (Å²) < 4.78 is 36.4. The SMILES string of the molecule is CCCN1C=NNC1C(F)(F)F. The van der Waals surface area contributed by atoms with Crippen LogP contribution in [0.4, 0.5) is 13.2 Å². The molecule has 1 aliphatic heterocycles. The average molecular weight is 181 g/mol. The molecule has 1 aliphatic rings. The Bertz CT molecular complexity index is 177. The topological polar surface area (TPSA) is 27.6 Å². The summed E-state index contributed by atoms with van der Waals surface area (Å²) in [7, 11) is 0. The van der Waals surface area contributed by atoms with Gasteiger partial charge in [-0.25, -0.2) is 0 Å². The molecule has 3 nitrogen and oxygen atoms in total. The zero-order chi connectivity index (χ0) is 9.19. The van der Waals surface area contributed by atoms with E-state index in [0.717, 1.165) is 4.90 Å². The molecular formula is C6H10F3N3. The Morgan fingerprint density at radius 2 is 2.25 bits per heavy atom. The Labute approximate surface area is 68.2 Å². The fourth-order valence-corrected chi connectivity index (χ4v) is 1.03. The van der Waals surface area contributed by atoms with E-state index in [-0.39, 0.29) is 0 Å². The summed E-state index contributed by atoms with van der Waals surface area (Å²) >= 11 is 0. The molecular weight excluding hydrogens is 171 g/mol. The summed E-state index contributed by atoms with van der Waals surface area (Å²) in [6.45, 7) is 2.18. The number of hydrogen-bond acceptors (Lipinski definition) is 3. The predicted octanol–water partition coefficient (Wildman–Crippen LogP) is 1.13. The minimum atomic E-state index is -4.26. The number of hydrazone groups is 1. The van der Waals surface area contributed by atoms with Crippen molar-refractivity contribution in [3.05, 3.63) is 0 Å². The highest BCUT2D eigenvalue weighted by Gasteiger charge is 2.44. The molecule has 0 radical (unpaired) electrons. The van der Waals surface area contributed by atoms with Crippen LogP contribution < -0.4 is 5.43 Å². The van der Waals surface area contributed by atoms with Crippen molar-refractivity contribution in [2.45, 2.75) is 25.7 Å². The van der Waals surface area contributed by atoms with E-state index >= 15 is 0 Å². The van der Waals surface area contributed by atoms with Crippen LogP contribution in [0.3, 0.4) is 0 Å². The molecule has 1 N–H and O–H groups in total. The molecule has 0 bridgehead atoms. The smallest absolute Gasteiger partial charge is 0.332 e. The van der Waals surface area contributed by atoms with Crippen molar-refractivity contribution >= 4 is 6.34 Å². The quantitative estimate of drug-likeness (QED) is 0.691. The fourth-order valence-electron chi connectivity index (χ4n) is 1.03. The van der Waals surface area contributed by atoms with E-state index in [0.29, 0.717) is 13.0 Å². The predicted molar refractivity (Wildman–Crippen MR) is 38.5 cm³/mol. The third-order valence-corrected chi connectivity index (χ3v) is 1.53. The summed E-state index contributed by atoms with van der Waals surface area (Å²) in [5.41, 5.74) is 2.00. The van der Waals surface area contributed by atoms with Gasteiger partial charge in [0.15, 0.2) is 0 Å². The van der Waals surface area contributed by atoms with Crippen LogP contribution in [0.1, 0.15) is 13.3 Å². The average Bonchev–Trinajstić information content (AvgIpc) is 2.34. The molecule has 0 amide bonds. The monoisotopic (exact) mass is 181 g/mol. The maximum absolute atomic E-state index is 12.1. The van der Waals surface area contributed by atoms with Gasteiger partial charge in [-0.2, -0.15) is 18.3 Å². The van der Waals surface area contributed by atoms with Gasteiger partial charge < -0.3 is 4.90 Å². The van der Waals surface area contributed by atoms with Gasteiger partial charge in [0.2, 0.25) is 6.17 Å². The Kier molecular flexibility index (Phi) is 2.44. The molecule has 0 spiro atoms. The largest absolute Gasteiger partial charge is 0.428 e. The fraction of sp³-hybridized carbons (Fsp3) is 0.833. The maximum atomic E-state index is 12.1. The molecule has 0 aromatic carbocycles. The molecule has 1 rings (SSSR count). The van der Waals surface area contributed by atoms with Gasteiger partial charge in [-0.3, -0.25) is 5.43 Å². The van der Waals surface area contributed by atoms with E-state index in [4.69, 9.17) is 0 Å². The number of nitrogens with one attached hydrogen (secondary N) is 1. The van der Waals surface area contributed by atoms with Crippen molar-refractivity contribution in [1.29, 1.82) is 0 Å². The van der Waals surface area contributed by atoms with Crippen LogP contribution in [-0.4, -0.2) is 30.1 Å². The Morgan fingerprint density at radius 1 is 1.58 bits per heavy atom. The highest BCUT2D eigenvalue weighted by atomic mass is 19.4. The van der Waals surface area contributed by atoms with Crippen LogP contribution in [-0.2, 0) is 0 Å². The third-order valence-electron chi connectivity index (χ3n) is 1.53. The molecule has 0 aromatic heterocycles. The first-order chi connectivity index (χ1) is 5.55. The van der Waals surface area contributed by atoms with E-state index in [1.54, 1.807) is 0 Å². The molecule has 12 heavy (non-hydrogen) atoms. The van der Waals surface area contributed by atoms with E-state index in [9.17, 15) is 13.2 Å². The first-order valence-electron chi connectivity index (χ1n) is 3.67. The molecule has 1 heterocycles. The van der Waals surface area contributed by atoms with Crippen LogP contribution in [0.15, 0.2) is 5.10 Å². The third kappa shape index (κ3) is 1.80. The molecule has 0 fully saturated rings. The summed E-state index contributed by atoms with van der Waals surface area (Å²) in [6, 6.07) is 0.